The van der Waals surface area contributed by atoms with Crippen LogP contribution in [0.1, 0.15) is 48.5 Å². The molecule has 0 unspecified atom stereocenters. The molecule has 0 atom stereocenters. The van der Waals surface area contributed by atoms with E-state index in [-0.39, 0.29) is 60.5 Å². The van der Waals surface area contributed by atoms with E-state index < -0.39 is 5.41 Å². The molecule has 1 saturated heterocycles. The number of nitrogens with one attached hydrogen (secondary N) is 1. The number of carbonyl (C=O) groups excluding carboxylic acids is 2. The predicted octanol–water partition coefficient (Wildman–Crippen LogP) is 1.41. The van der Waals surface area contributed by atoms with Crippen molar-refractivity contribution < 1.29 is 9.59 Å². The van der Waals surface area contributed by atoms with Gasteiger partial charge in [-0.2, -0.15) is 0 Å². The standard InChI is InChI=1S/C17H33N5O2.HI/c1-8-19-15(20-10-16(4,5)14(18)24)21-9-13(23)22(12(2)3)17(6,7)11-21;/h12H,8-11H2,1-7H3,(H2,18,24)(H,19,20);1H. The molecular weight excluding hydrogens is 433 g/mol. The van der Waals surface area contributed by atoms with Crippen LogP contribution in [0, 0.1) is 5.41 Å². The smallest absolute Gasteiger partial charge is 0.242 e. The summed E-state index contributed by atoms with van der Waals surface area (Å²) in [5.74, 6) is 0.348. The van der Waals surface area contributed by atoms with Gasteiger partial charge in [0, 0.05) is 19.1 Å². The van der Waals surface area contributed by atoms with Gasteiger partial charge < -0.3 is 20.9 Å². The number of halogens is 1. The van der Waals surface area contributed by atoms with E-state index in [0.29, 0.717) is 19.0 Å². The number of hydrogen-bond donors (Lipinski definition) is 2. The highest BCUT2D eigenvalue weighted by Crippen LogP contribution is 2.24. The molecular formula is C17H34IN5O2. The molecule has 7 nitrogen and oxygen atoms in total. The maximum Gasteiger partial charge on any atom is 0.242 e. The van der Waals surface area contributed by atoms with Crippen LogP contribution in [0.15, 0.2) is 4.99 Å². The van der Waals surface area contributed by atoms with Crippen LogP contribution < -0.4 is 11.1 Å². The summed E-state index contributed by atoms with van der Waals surface area (Å²) in [7, 11) is 0. The minimum absolute atomic E-state index is 0. The van der Waals surface area contributed by atoms with Gasteiger partial charge in [0.15, 0.2) is 5.96 Å². The Balaban J connectivity index is 0.00000576. The summed E-state index contributed by atoms with van der Waals surface area (Å²) in [6.45, 7) is 15.6. The second-order valence-electron chi connectivity index (χ2n) is 7.94. The lowest BCUT2D eigenvalue weighted by Gasteiger charge is -2.49. The van der Waals surface area contributed by atoms with Crippen LogP contribution in [-0.4, -0.2) is 65.3 Å². The van der Waals surface area contributed by atoms with Gasteiger partial charge in [-0.05, 0) is 48.5 Å². The number of nitrogens with zero attached hydrogens (tertiary/aromatic N) is 3. The lowest BCUT2D eigenvalue weighted by molar-refractivity contribution is -0.145. The van der Waals surface area contributed by atoms with Crippen molar-refractivity contribution in [2.75, 3.05) is 26.2 Å². The largest absolute Gasteiger partial charge is 0.369 e. The highest BCUT2D eigenvalue weighted by molar-refractivity contribution is 14.0. The molecule has 0 bridgehead atoms. The zero-order valence-corrected chi connectivity index (χ0v) is 18.9. The van der Waals surface area contributed by atoms with Gasteiger partial charge in [-0.1, -0.05) is 0 Å². The molecule has 0 spiro atoms. The Bertz CT molecular complexity index is 517. The minimum Gasteiger partial charge on any atom is -0.369 e. The average molecular weight is 467 g/mol. The van der Waals surface area contributed by atoms with E-state index in [0.717, 1.165) is 0 Å². The first-order valence-electron chi connectivity index (χ1n) is 8.57. The van der Waals surface area contributed by atoms with Gasteiger partial charge in [0.25, 0.3) is 0 Å². The first kappa shape index (κ1) is 23.9. The van der Waals surface area contributed by atoms with Crippen molar-refractivity contribution in [2.24, 2.45) is 16.1 Å². The number of primary amides is 1. The molecule has 0 radical (unpaired) electrons. The third kappa shape index (κ3) is 6.00. The number of hydrogen-bond acceptors (Lipinski definition) is 3. The monoisotopic (exact) mass is 467 g/mol. The summed E-state index contributed by atoms with van der Waals surface area (Å²) in [4.78, 5) is 32.6. The third-order valence-corrected chi connectivity index (χ3v) is 4.27. The van der Waals surface area contributed by atoms with Crippen molar-refractivity contribution in [3.63, 3.8) is 0 Å². The van der Waals surface area contributed by atoms with E-state index >= 15 is 0 Å². The van der Waals surface area contributed by atoms with E-state index in [4.69, 9.17) is 5.73 Å². The van der Waals surface area contributed by atoms with Crippen LogP contribution in [-0.2, 0) is 9.59 Å². The molecule has 0 aromatic carbocycles. The topological polar surface area (TPSA) is 91.0 Å². The zero-order valence-electron chi connectivity index (χ0n) is 16.5. The van der Waals surface area contributed by atoms with Crippen LogP contribution in [0.25, 0.3) is 0 Å². The molecule has 3 N–H and O–H groups in total. The summed E-state index contributed by atoms with van der Waals surface area (Å²) in [5.41, 5.74) is 4.41. The zero-order chi connectivity index (χ0) is 18.7. The predicted molar refractivity (Wildman–Crippen MR) is 112 cm³/mol. The van der Waals surface area contributed by atoms with E-state index in [1.54, 1.807) is 13.8 Å². The average Bonchev–Trinajstić information content (AvgIpc) is 2.40. The Morgan fingerprint density at radius 1 is 1.40 bits per heavy atom. The quantitative estimate of drug-likeness (QED) is 0.364. The van der Waals surface area contributed by atoms with Gasteiger partial charge in [-0.15, -0.1) is 24.0 Å². The molecule has 0 aliphatic carbocycles. The van der Waals surface area contributed by atoms with E-state index in [1.807, 2.05) is 30.6 Å². The van der Waals surface area contributed by atoms with Crippen LogP contribution >= 0.6 is 24.0 Å². The lowest BCUT2D eigenvalue weighted by atomic mass is 9.93. The Morgan fingerprint density at radius 3 is 2.36 bits per heavy atom. The number of rotatable bonds is 5. The van der Waals surface area contributed by atoms with E-state index in [1.165, 1.54) is 0 Å². The highest BCUT2D eigenvalue weighted by atomic mass is 127. The van der Waals surface area contributed by atoms with Crippen molar-refractivity contribution in [2.45, 2.75) is 60.0 Å². The molecule has 0 saturated carbocycles. The summed E-state index contributed by atoms with van der Waals surface area (Å²) in [5, 5.41) is 3.22. The first-order valence-corrected chi connectivity index (χ1v) is 8.57. The van der Waals surface area contributed by atoms with Gasteiger partial charge in [0.1, 0.15) is 0 Å². The van der Waals surface area contributed by atoms with Crippen molar-refractivity contribution in [3.8, 4) is 0 Å². The molecule has 2 amide bonds. The maximum atomic E-state index is 12.6. The molecule has 1 heterocycles. The molecule has 1 aliphatic heterocycles. The normalized spacial score (nSPS) is 18.2. The summed E-state index contributed by atoms with van der Waals surface area (Å²) < 4.78 is 0. The van der Waals surface area contributed by atoms with Gasteiger partial charge in [0.2, 0.25) is 11.8 Å². The Morgan fingerprint density at radius 2 is 1.96 bits per heavy atom. The molecule has 0 aromatic heterocycles. The number of carbonyl (C=O) groups is 2. The molecule has 25 heavy (non-hydrogen) atoms. The lowest BCUT2D eigenvalue weighted by Crippen LogP contribution is -2.66. The van der Waals surface area contributed by atoms with Gasteiger partial charge in [-0.25, -0.2) is 0 Å². The Labute approximate surface area is 168 Å². The molecule has 1 aliphatic rings. The fraction of sp³-hybridized carbons (Fsp3) is 0.824. The van der Waals surface area contributed by atoms with Crippen molar-refractivity contribution >= 4 is 41.8 Å². The first-order chi connectivity index (χ1) is 10.9. The Hall–Kier alpha value is -1.06. The summed E-state index contributed by atoms with van der Waals surface area (Å²) >= 11 is 0. The van der Waals surface area contributed by atoms with Crippen LogP contribution in [0.3, 0.4) is 0 Å². The Kier molecular flexibility index (Phi) is 8.66. The summed E-state index contributed by atoms with van der Waals surface area (Å²) in [6, 6.07) is 0.156. The molecule has 0 aromatic rings. The van der Waals surface area contributed by atoms with Crippen molar-refractivity contribution in [1.82, 2.24) is 15.1 Å². The highest BCUT2D eigenvalue weighted by Gasteiger charge is 2.40. The van der Waals surface area contributed by atoms with Gasteiger partial charge >= 0.3 is 0 Å². The molecule has 1 fully saturated rings. The van der Waals surface area contributed by atoms with Crippen LogP contribution in [0.5, 0.6) is 0 Å². The summed E-state index contributed by atoms with van der Waals surface area (Å²) in [6.07, 6.45) is 0. The van der Waals surface area contributed by atoms with Crippen LogP contribution in [0.4, 0.5) is 0 Å². The molecule has 146 valence electrons. The third-order valence-electron chi connectivity index (χ3n) is 4.27. The fourth-order valence-electron chi connectivity index (χ4n) is 3.09. The van der Waals surface area contributed by atoms with Crippen molar-refractivity contribution in [1.29, 1.82) is 0 Å². The SMILES string of the molecule is CCNC(=NCC(C)(C)C(N)=O)N1CC(=O)N(C(C)C)C(C)(C)C1.I. The number of piperazine rings is 1. The number of aliphatic imine (C=N–C) groups is 1. The number of amides is 2. The second-order valence-corrected chi connectivity index (χ2v) is 7.94. The minimum atomic E-state index is -0.722. The fourth-order valence-corrected chi connectivity index (χ4v) is 3.09. The molecule has 1 rings (SSSR count). The van der Waals surface area contributed by atoms with E-state index in [2.05, 4.69) is 24.2 Å². The maximum absolute atomic E-state index is 12.6. The van der Waals surface area contributed by atoms with E-state index in [9.17, 15) is 9.59 Å². The second kappa shape index (κ2) is 9.05. The van der Waals surface area contributed by atoms with Gasteiger partial charge in [-0.3, -0.25) is 14.6 Å². The van der Waals surface area contributed by atoms with Crippen molar-refractivity contribution in [3.05, 3.63) is 0 Å². The molecule has 8 heteroatoms. The van der Waals surface area contributed by atoms with Crippen LogP contribution in [0.2, 0.25) is 0 Å². The van der Waals surface area contributed by atoms with Gasteiger partial charge in [0.05, 0.1) is 24.0 Å². The number of nitrogens with two attached hydrogens (primary N) is 1. The number of guanidine groups is 1.